The SMILES string of the molecule is COC(=O)c1[nH]c2c(I)ccc(OC)c2c1I. The van der Waals surface area contributed by atoms with Gasteiger partial charge in [0.2, 0.25) is 0 Å². The molecule has 0 saturated heterocycles. The van der Waals surface area contributed by atoms with Gasteiger partial charge >= 0.3 is 5.97 Å². The molecule has 0 unspecified atom stereocenters. The Labute approximate surface area is 125 Å². The van der Waals surface area contributed by atoms with E-state index in [1.54, 1.807) is 7.11 Å². The molecule has 0 saturated carbocycles. The molecule has 4 nitrogen and oxygen atoms in total. The van der Waals surface area contributed by atoms with Crippen LogP contribution in [0.2, 0.25) is 0 Å². The van der Waals surface area contributed by atoms with E-state index in [9.17, 15) is 4.79 Å². The van der Waals surface area contributed by atoms with Crippen molar-refractivity contribution in [2.75, 3.05) is 14.2 Å². The number of halogens is 2. The van der Waals surface area contributed by atoms with Crippen molar-refractivity contribution in [3.8, 4) is 5.75 Å². The van der Waals surface area contributed by atoms with Gasteiger partial charge in [0.25, 0.3) is 0 Å². The first kappa shape index (κ1) is 12.9. The van der Waals surface area contributed by atoms with E-state index in [4.69, 9.17) is 9.47 Å². The van der Waals surface area contributed by atoms with Crippen molar-refractivity contribution >= 4 is 62.1 Å². The molecular weight excluding hydrogens is 448 g/mol. The van der Waals surface area contributed by atoms with Crippen LogP contribution in [0.5, 0.6) is 5.75 Å². The highest BCUT2D eigenvalue weighted by atomic mass is 127. The molecule has 0 bridgehead atoms. The fourth-order valence-corrected chi connectivity index (χ4v) is 3.09. The number of carbonyl (C=O) groups excluding carboxylic acids is 1. The van der Waals surface area contributed by atoms with Crippen molar-refractivity contribution in [1.82, 2.24) is 4.98 Å². The second kappa shape index (κ2) is 5.01. The molecule has 1 N–H and O–H groups in total. The van der Waals surface area contributed by atoms with E-state index in [0.717, 1.165) is 23.8 Å². The van der Waals surface area contributed by atoms with Gasteiger partial charge < -0.3 is 14.5 Å². The van der Waals surface area contributed by atoms with Gasteiger partial charge in [-0.1, -0.05) is 0 Å². The molecule has 0 fully saturated rings. The minimum Gasteiger partial charge on any atom is -0.496 e. The number of hydrogen-bond acceptors (Lipinski definition) is 3. The number of nitrogens with one attached hydrogen (secondary N) is 1. The first-order valence-electron chi connectivity index (χ1n) is 4.72. The van der Waals surface area contributed by atoms with Gasteiger partial charge in [0.15, 0.2) is 0 Å². The Morgan fingerprint density at radius 2 is 2.00 bits per heavy atom. The molecule has 0 radical (unpaired) electrons. The van der Waals surface area contributed by atoms with Gasteiger partial charge in [-0.05, 0) is 57.3 Å². The Bertz CT molecular complexity index is 592. The Morgan fingerprint density at radius 3 is 2.59 bits per heavy atom. The van der Waals surface area contributed by atoms with Crippen LogP contribution < -0.4 is 4.74 Å². The van der Waals surface area contributed by atoms with Crippen LogP contribution in [-0.4, -0.2) is 25.2 Å². The molecule has 1 aromatic heterocycles. The number of aromatic nitrogens is 1. The predicted octanol–water partition coefficient (Wildman–Crippen LogP) is 3.17. The number of hydrogen-bond donors (Lipinski definition) is 1. The average molecular weight is 457 g/mol. The Hall–Kier alpha value is -0.510. The minimum atomic E-state index is -0.372. The van der Waals surface area contributed by atoms with Crippen molar-refractivity contribution in [2.45, 2.75) is 0 Å². The lowest BCUT2D eigenvalue weighted by molar-refractivity contribution is 0.0594. The summed E-state index contributed by atoms with van der Waals surface area (Å²) in [6.07, 6.45) is 0. The molecule has 0 aliphatic carbocycles. The van der Waals surface area contributed by atoms with Crippen LogP contribution in [0.4, 0.5) is 0 Å². The van der Waals surface area contributed by atoms with Crippen LogP contribution in [0, 0.1) is 7.14 Å². The van der Waals surface area contributed by atoms with Crippen LogP contribution in [0.3, 0.4) is 0 Å². The predicted molar refractivity (Wildman–Crippen MR) is 81.6 cm³/mol. The number of rotatable bonds is 2. The zero-order chi connectivity index (χ0) is 12.6. The number of H-pyrrole nitrogens is 1. The summed E-state index contributed by atoms with van der Waals surface area (Å²) in [5.41, 5.74) is 1.36. The molecule has 90 valence electrons. The lowest BCUT2D eigenvalue weighted by Crippen LogP contribution is -2.03. The maximum atomic E-state index is 11.6. The van der Waals surface area contributed by atoms with Crippen molar-refractivity contribution in [2.24, 2.45) is 0 Å². The first-order chi connectivity index (χ1) is 8.10. The summed E-state index contributed by atoms with van der Waals surface area (Å²) >= 11 is 4.34. The molecular formula is C11H9I2NO3. The zero-order valence-corrected chi connectivity index (χ0v) is 13.5. The van der Waals surface area contributed by atoms with Gasteiger partial charge in [0.1, 0.15) is 11.4 Å². The first-order valence-corrected chi connectivity index (χ1v) is 6.88. The standard InChI is InChI=1S/C11H9I2NO3/c1-16-6-4-3-5(12)9-7(6)8(13)10(14-9)11(15)17-2/h3-4,14H,1-2H3. The monoisotopic (exact) mass is 457 g/mol. The van der Waals surface area contributed by atoms with Crippen molar-refractivity contribution in [3.63, 3.8) is 0 Å². The van der Waals surface area contributed by atoms with Crippen LogP contribution in [0.15, 0.2) is 12.1 Å². The summed E-state index contributed by atoms with van der Waals surface area (Å²) in [4.78, 5) is 14.7. The molecule has 2 aromatic rings. The van der Waals surface area contributed by atoms with Gasteiger partial charge in [0.05, 0.1) is 28.7 Å². The van der Waals surface area contributed by atoms with E-state index in [1.165, 1.54) is 7.11 Å². The third-order valence-electron chi connectivity index (χ3n) is 2.41. The molecule has 17 heavy (non-hydrogen) atoms. The molecule has 1 heterocycles. The number of fused-ring (bicyclic) bond motifs is 1. The second-order valence-electron chi connectivity index (χ2n) is 3.31. The van der Waals surface area contributed by atoms with Crippen LogP contribution >= 0.6 is 45.2 Å². The fraction of sp³-hybridized carbons (Fsp3) is 0.182. The van der Waals surface area contributed by atoms with E-state index in [0.29, 0.717) is 5.69 Å². The summed E-state index contributed by atoms with van der Waals surface area (Å²) in [6.45, 7) is 0. The minimum absolute atomic E-state index is 0.372. The highest BCUT2D eigenvalue weighted by Crippen LogP contribution is 2.35. The zero-order valence-electron chi connectivity index (χ0n) is 9.14. The lowest BCUT2D eigenvalue weighted by atomic mass is 10.2. The summed E-state index contributed by atoms with van der Waals surface area (Å²) in [5.74, 6) is 0.375. The molecule has 2 rings (SSSR count). The fourth-order valence-electron chi connectivity index (χ4n) is 1.62. The van der Waals surface area contributed by atoms with Gasteiger partial charge in [0, 0.05) is 3.57 Å². The summed E-state index contributed by atoms with van der Waals surface area (Å²) in [6, 6.07) is 3.83. The van der Waals surface area contributed by atoms with E-state index in [-0.39, 0.29) is 5.97 Å². The highest BCUT2D eigenvalue weighted by Gasteiger charge is 2.20. The molecule has 0 atom stereocenters. The Balaban J connectivity index is 2.81. The number of benzene rings is 1. The van der Waals surface area contributed by atoms with Crippen LogP contribution in [0.1, 0.15) is 10.5 Å². The number of esters is 1. The third-order valence-corrected chi connectivity index (χ3v) is 4.39. The van der Waals surface area contributed by atoms with E-state index < -0.39 is 0 Å². The van der Waals surface area contributed by atoms with E-state index >= 15 is 0 Å². The Kier molecular flexibility index (Phi) is 3.81. The number of aromatic amines is 1. The molecule has 1 aromatic carbocycles. The van der Waals surface area contributed by atoms with Gasteiger partial charge in [-0.2, -0.15) is 0 Å². The molecule has 0 aliphatic heterocycles. The maximum absolute atomic E-state index is 11.6. The normalized spacial score (nSPS) is 10.6. The quantitative estimate of drug-likeness (QED) is 0.558. The van der Waals surface area contributed by atoms with Gasteiger partial charge in [-0.15, -0.1) is 0 Å². The van der Waals surface area contributed by atoms with Crippen LogP contribution in [-0.2, 0) is 4.74 Å². The van der Waals surface area contributed by atoms with Gasteiger partial charge in [-0.3, -0.25) is 0 Å². The summed E-state index contributed by atoms with van der Waals surface area (Å²) in [5, 5.41) is 0.917. The number of carbonyl (C=O) groups is 1. The van der Waals surface area contributed by atoms with Crippen molar-refractivity contribution in [1.29, 1.82) is 0 Å². The largest absolute Gasteiger partial charge is 0.496 e. The molecule has 0 amide bonds. The number of methoxy groups -OCH3 is 2. The van der Waals surface area contributed by atoms with Gasteiger partial charge in [-0.25, -0.2) is 4.79 Å². The maximum Gasteiger partial charge on any atom is 0.355 e. The van der Waals surface area contributed by atoms with Crippen molar-refractivity contribution < 1.29 is 14.3 Å². The smallest absolute Gasteiger partial charge is 0.355 e. The second-order valence-corrected chi connectivity index (χ2v) is 5.55. The Morgan fingerprint density at radius 1 is 1.29 bits per heavy atom. The third kappa shape index (κ3) is 2.12. The molecule has 6 heteroatoms. The molecule has 0 aliphatic rings. The lowest BCUT2D eigenvalue weighted by Gasteiger charge is -2.03. The van der Waals surface area contributed by atoms with E-state index in [1.807, 2.05) is 12.1 Å². The number of ether oxygens (including phenoxy) is 2. The average Bonchev–Trinajstić information content (AvgIpc) is 2.69. The summed E-state index contributed by atoms with van der Waals surface area (Å²) < 4.78 is 11.9. The summed E-state index contributed by atoms with van der Waals surface area (Å²) in [7, 11) is 2.98. The topological polar surface area (TPSA) is 51.3 Å². The van der Waals surface area contributed by atoms with Crippen molar-refractivity contribution in [3.05, 3.63) is 25.0 Å². The highest BCUT2D eigenvalue weighted by molar-refractivity contribution is 14.1. The molecule has 0 spiro atoms. The van der Waals surface area contributed by atoms with Crippen LogP contribution in [0.25, 0.3) is 10.9 Å². The van der Waals surface area contributed by atoms with E-state index in [2.05, 4.69) is 50.2 Å².